The van der Waals surface area contributed by atoms with Gasteiger partial charge in [-0.3, -0.25) is 9.59 Å². The molecule has 1 aliphatic heterocycles. The number of nitrogens with one attached hydrogen (secondary N) is 2. The van der Waals surface area contributed by atoms with Gasteiger partial charge in [0, 0.05) is 25.3 Å². The minimum Gasteiger partial charge on any atom is -0.353 e. The Kier molecular flexibility index (Phi) is 10.1. The van der Waals surface area contributed by atoms with E-state index in [1.807, 2.05) is 13.8 Å². The Hall–Kier alpha value is -0.460. The van der Waals surface area contributed by atoms with Gasteiger partial charge in [-0.2, -0.15) is 0 Å². The monoisotopic (exact) mass is 309 g/mol. The van der Waals surface area contributed by atoms with E-state index in [4.69, 9.17) is 0 Å². The number of hydrogen-bond donors (Lipinski definition) is 2. The van der Waals surface area contributed by atoms with Crippen LogP contribution in [0, 0.1) is 0 Å². The molecular formula is C12H24ClN3O2S. The first kappa shape index (κ1) is 18.5. The van der Waals surface area contributed by atoms with Crippen molar-refractivity contribution < 1.29 is 9.59 Å². The molecule has 112 valence electrons. The fourth-order valence-corrected chi connectivity index (χ4v) is 3.01. The normalized spacial score (nSPS) is 18.0. The number of hydrogen-bond acceptors (Lipinski definition) is 4. The molecule has 19 heavy (non-hydrogen) atoms. The number of halogens is 1. The Morgan fingerprint density at radius 2 is 2.05 bits per heavy atom. The number of thioether (sulfide) groups is 1. The van der Waals surface area contributed by atoms with Gasteiger partial charge in [0.25, 0.3) is 0 Å². The lowest BCUT2D eigenvalue weighted by Gasteiger charge is -2.22. The van der Waals surface area contributed by atoms with Gasteiger partial charge >= 0.3 is 0 Å². The molecular weight excluding hydrogens is 286 g/mol. The zero-order chi connectivity index (χ0) is 13.4. The van der Waals surface area contributed by atoms with Crippen LogP contribution in [0.1, 0.15) is 26.7 Å². The predicted octanol–water partition coefficient (Wildman–Crippen LogP) is 0.835. The highest BCUT2D eigenvalue weighted by Crippen LogP contribution is 2.22. The van der Waals surface area contributed by atoms with Crippen LogP contribution in [0.25, 0.3) is 0 Å². The van der Waals surface area contributed by atoms with Crippen molar-refractivity contribution in [2.24, 2.45) is 0 Å². The van der Waals surface area contributed by atoms with Crippen molar-refractivity contribution >= 4 is 36.0 Å². The summed E-state index contributed by atoms with van der Waals surface area (Å²) >= 11 is 1.65. The summed E-state index contributed by atoms with van der Waals surface area (Å²) in [4.78, 5) is 25.5. The van der Waals surface area contributed by atoms with Gasteiger partial charge in [0.1, 0.15) is 6.04 Å². The van der Waals surface area contributed by atoms with Gasteiger partial charge in [-0.05, 0) is 13.0 Å². The smallest absolute Gasteiger partial charge is 0.243 e. The molecule has 1 heterocycles. The van der Waals surface area contributed by atoms with Crippen molar-refractivity contribution in [3.05, 3.63) is 0 Å². The van der Waals surface area contributed by atoms with E-state index in [-0.39, 0.29) is 30.3 Å². The molecule has 0 spiro atoms. The maximum absolute atomic E-state index is 12.0. The Morgan fingerprint density at radius 3 is 2.68 bits per heavy atom. The number of nitrogens with zero attached hydrogens (tertiary/aromatic N) is 1. The molecule has 7 heteroatoms. The summed E-state index contributed by atoms with van der Waals surface area (Å²) in [5.41, 5.74) is 0. The largest absolute Gasteiger partial charge is 0.353 e. The van der Waals surface area contributed by atoms with E-state index in [0.29, 0.717) is 24.6 Å². The van der Waals surface area contributed by atoms with Crippen molar-refractivity contribution in [1.82, 2.24) is 15.5 Å². The van der Waals surface area contributed by atoms with Crippen LogP contribution in [0.3, 0.4) is 0 Å². The molecule has 1 saturated heterocycles. The molecule has 2 N–H and O–H groups in total. The zero-order valence-corrected chi connectivity index (χ0v) is 13.2. The summed E-state index contributed by atoms with van der Waals surface area (Å²) in [5, 5.41) is 6.03. The third-order valence-electron chi connectivity index (χ3n) is 2.82. The standard InChI is InChI=1S/C12H23N3O2S.ClH/c1-3-5-11(16)15-9-18-8-10(15)12(17)14-7-6-13-4-2;/h10,13H,3-9H2,1-2H3,(H,14,17);1H. The average molecular weight is 310 g/mol. The number of carbonyl (C=O) groups is 2. The second kappa shape index (κ2) is 10.3. The van der Waals surface area contributed by atoms with E-state index in [1.165, 1.54) is 0 Å². The summed E-state index contributed by atoms with van der Waals surface area (Å²) in [6.07, 6.45) is 1.36. The van der Waals surface area contributed by atoms with E-state index in [2.05, 4.69) is 10.6 Å². The van der Waals surface area contributed by atoms with Crippen molar-refractivity contribution in [2.75, 3.05) is 31.3 Å². The minimum absolute atomic E-state index is 0. The average Bonchev–Trinajstić information content (AvgIpc) is 2.84. The molecule has 5 nitrogen and oxygen atoms in total. The van der Waals surface area contributed by atoms with E-state index < -0.39 is 0 Å². The maximum atomic E-state index is 12.0. The van der Waals surface area contributed by atoms with Crippen LogP contribution < -0.4 is 10.6 Å². The van der Waals surface area contributed by atoms with Crippen LogP contribution in [0.4, 0.5) is 0 Å². The van der Waals surface area contributed by atoms with E-state index in [9.17, 15) is 9.59 Å². The van der Waals surface area contributed by atoms with Crippen LogP contribution in [-0.2, 0) is 9.59 Å². The summed E-state index contributed by atoms with van der Waals surface area (Å²) in [7, 11) is 0. The fourth-order valence-electron chi connectivity index (χ4n) is 1.83. The second-order valence-electron chi connectivity index (χ2n) is 4.27. The molecule has 1 aliphatic rings. The van der Waals surface area contributed by atoms with Gasteiger partial charge in [0.15, 0.2) is 0 Å². The Bertz CT molecular complexity index is 292. The SMILES string of the molecule is CCCC(=O)N1CSCC1C(=O)NCCNCC.Cl. The predicted molar refractivity (Wildman–Crippen MR) is 81.7 cm³/mol. The van der Waals surface area contributed by atoms with Crippen molar-refractivity contribution in [3.8, 4) is 0 Å². The summed E-state index contributed by atoms with van der Waals surface area (Å²) < 4.78 is 0. The van der Waals surface area contributed by atoms with Crippen molar-refractivity contribution in [3.63, 3.8) is 0 Å². The highest BCUT2D eigenvalue weighted by molar-refractivity contribution is 7.99. The number of rotatable bonds is 7. The molecule has 1 unspecified atom stereocenters. The molecule has 1 fully saturated rings. The fraction of sp³-hybridized carbons (Fsp3) is 0.833. The van der Waals surface area contributed by atoms with Gasteiger partial charge in [-0.25, -0.2) is 0 Å². The quantitative estimate of drug-likeness (QED) is 0.684. The Balaban J connectivity index is 0.00000324. The first-order chi connectivity index (χ1) is 8.70. The Morgan fingerprint density at radius 1 is 1.32 bits per heavy atom. The lowest BCUT2D eigenvalue weighted by Crippen LogP contribution is -2.48. The van der Waals surface area contributed by atoms with Crippen LogP contribution in [-0.4, -0.2) is 54.0 Å². The molecule has 2 amide bonds. The molecule has 0 aromatic rings. The van der Waals surface area contributed by atoms with Crippen LogP contribution >= 0.6 is 24.2 Å². The third-order valence-corrected chi connectivity index (χ3v) is 3.83. The number of likely N-dealkylation sites (N-methyl/N-ethyl adjacent to an activating group) is 1. The maximum Gasteiger partial charge on any atom is 0.243 e. The minimum atomic E-state index is -0.282. The topological polar surface area (TPSA) is 61.4 Å². The van der Waals surface area contributed by atoms with Gasteiger partial charge in [-0.1, -0.05) is 13.8 Å². The molecule has 0 aliphatic carbocycles. The molecule has 1 atom stereocenters. The van der Waals surface area contributed by atoms with E-state index in [1.54, 1.807) is 16.7 Å². The zero-order valence-electron chi connectivity index (χ0n) is 11.6. The third kappa shape index (κ3) is 6.01. The van der Waals surface area contributed by atoms with Crippen LogP contribution in [0.2, 0.25) is 0 Å². The van der Waals surface area contributed by atoms with Gasteiger partial charge in [-0.15, -0.1) is 24.2 Å². The van der Waals surface area contributed by atoms with E-state index >= 15 is 0 Å². The Labute approximate surface area is 125 Å². The number of amides is 2. The van der Waals surface area contributed by atoms with Gasteiger partial charge < -0.3 is 15.5 Å². The summed E-state index contributed by atoms with van der Waals surface area (Å²) in [5.74, 6) is 1.42. The second-order valence-corrected chi connectivity index (χ2v) is 5.27. The first-order valence-corrected chi connectivity index (χ1v) is 7.71. The van der Waals surface area contributed by atoms with Crippen molar-refractivity contribution in [2.45, 2.75) is 32.7 Å². The molecule has 0 aromatic carbocycles. The molecule has 0 saturated carbocycles. The van der Waals surface area contributed by atoms with Crippen molar-refractivity contribution in [1.29, 1.82) is 0 Å². The van der Waals surface area contributed by atoms with Gasteiger partial charge in [0.2, 0.25) is 11.8 Å². The number of carbonyl (C=O) groups excluding carboxylic acids is 2. The summed E-state index contributed by atoms with van der Waals surface area (Å²) in [6.45, 7) is 6.29. The lowest BCUT2D eigenvalue weighted by atomic mass is 10.2. The first-order valence-electron chi connectivity index (χ1n) is 6.56. The highest BCUT2D eigenvalue weighted by Gasteiger charge is 2.33. The highest BCUT2D eigenvalue weighted by atomic mass is 35.5. The van der Waals surface area contributed by atoms with Crippen LogP contribution in [0.5, 0.6) is 0 Å². The summed E-state index contributed by atoms with van der Waals surface area (Å²) in [6, 6.07) is -0.282. The molecule has 0 aromatic heterocycles. The molecule has 0 radical (unpaired) electrons. The molecule has 1 rings (SSSR count). The molecule has 0 bridgehead atoms. The van der Waals surface area contributed by atoms with Gasteiger partial charge in [0.05, 0.1) is 5.88 Å². The van der Waals surface area contributed by atoms with Crippen LogP contribution in [0.15, 0.2) is 0 Å². The van der Waals surface area contributed by atoms with E-state index in [0.717, 1.165) is 19.5 Å². The lowest BCUT2D eigenvalue weighted by molar-refractivity contribution is -0.138.